The van der Waals surface area contributed by atoms with Crippen molar-refractivity contribution in [2.24, 2.45) is 5.92 Å². The molecule has 2 N–H and O–H groups in total. The molecular weight excluding hydrogens is 324 g/mol. The molecule has 0 saturated carbocycles. The van der Waals surface area contributed by atoms with Crippen LogP contribution in [0.15, 0.2) is 21.2 Å². The zero-order valence-electron chi connectivity index (χ0n) is 8.50. The normalized spacial score (nSPS) is 12.8. The Morgan fingerprint density at radius 2 is 2.27 bits per heavy atom. The standard InChI is InChI=1S/C10H14Br2N2O/c1-7(6-15)3-13-5-10-9(12)2-8(11)4-14-10/h2,4,7,13,15H,3,5-6H2,1H3. The molecule has 1 unspecified atom stereocenters. The number of nitrogens with zero attached hydrogens (tertiary/aromatic N) is 1. The van der Waals surface area contributed by atoms with Gasteiger partial charge in [-0.25, -0.2) is 0 Å². The van der Waals surface area contributed by atoms with Gasteiger partial charge in [0.25, 0.3) is 0 Å². The van der Waals surface area contributed by atoms with Gasteiger partial charge in [0, 0.05) is 34.8 Å². The van der Waals surface area contributed by atoms with Gasteiger partial charge in [-0.3, -0.25) is 4.98 Å². The largest absolute Gasteiger partial charge is 0.396 e. The maximum atomic E-state index is 8.85. The van der Waals surface area contributed by atoms with E-state index in [0.717, 1.165) is 21.2 Å². The van der Waals surface area contributed by atoms with E-state index in [1.165, 1.54) is 0 Å². The minimum absolute atomic E-state index is 0.210. The Morgan fingerprint density at radius 1 is 1.53 bits per heavy atom. The van der Waals surface area contributed by atoms with Gasteiger partial charge >= 0.3 is 0 Å². The van der Waals surface area contributed by atoms with E-state index in [1.54, 1.807) is 6.20 Å². The lowest BCUT2D eigenvalue weighted by Gasteiger charge is -2.10. The van der Waals surface area contributed by atoms with Crippen molar-refractivity contribution in [3.8, 4) is 0 Å². The number of hydrogen-bond donors (Lipinski definition) is 2. The molecule has 0 aliphatic heterocycles. The highest BCUT2D eigenvalue weighted by Crippen LogP contribution is 2.19. The number of nitrogens with one attached hydrogen (secondary N) is 1. The van der Waals surface area contributed by atoms with E-state index in [4.69, 9.17) is 5.11 Å². The summed E-state index contributed by atoms with van der Waals surface area (Å²) in [4.78, 5) is 4.28. The fourth-order valence-electron chi connectivity index (χ4n) is 1.07. The van der Waals surface area contributed by atoms with E-state index in [9.17, 15) is 0 Å². The fourth-order valence-corrected chi connectivity index (χ4v) is 2.20. The first kappa shape index (κ1) is 13.1. The molecule has 0 amide bonds. The van der Waals surface area contributed by atoms with Crippen LogP contribution in [0, 0.1) is 5.92 Å². The van der Waals surface area contributed by atoms with Gasteiger partial charge in [0.1, 0.15) is 0 Å². The molecule has 1 rings (SSSR count). The van der Waals surface area contributed by atoms with Crippen molar-refractivity contribution in [3.63, 3.8) is 0 Å². The Kier molecular flexibility index (Phi) is 5.74. The van der Waals surface area contributed by atoms with Crippen molar-refractivity contribution in [3.05, 3.63) is 26.9 Å². The Labute approximate surface area is 107 Å². The van der Waals surface area contributed by atoms with Crippen LogP contribution >= 0.6 is 31.9 Å². The molecule has 15 heavy (non-hydrogen) atoms. The molecule has 0 bridgehead atoms. The van der Waals surface area contributed by atoms with E-state index in [0.29, 0.717) is 6.54 Å². The fraction of sp³-hybridized carbons (Fsp3) is 0.500. The molecule has 0 fully saturated rings. The summed E-state index contributed by atoms with van der Waals surface area (Å²) in [5.41, 5.74) is 0.975. The third kappa shape index (κ3) is 4.59. The Morgan fingerprint density at radius 3 is 2.87 bits per heavy atom. The molecular formula is C10H14Br2N2O. The zero-order chi connectivity index (χ0) is 11.3. The lowest BCUT2D eigenvalue weighted by atomic mass is 10.2. The highest BCUT2D eigenvalue weighted by atomic mass is 79.9. The molecule has 5 heteroatoms. The van der Waals surface area contributed by atoms with E-state index in [1.807, 2.05) is 13.0 Å². The number of halogens is 2. The molecule has 3 nitrogen and oxygen atoms in total. The van der Waals surface area contributed by atoms with Crippen LogP contribution in [-0.2, 0) is 6.54 Å². The molecule has 1 aromatic heterocycles. The first-order chi connectivity index (χ1) is 7.13. The number of aromatic nitrogens is 1. The van der Waals surface area contributed by atoms with Crippen LogP contribution in [0.4, 0.5) is 0 Å². The Hall–Kier alpha value is 0.0300. The van der Waals surface area contributed by atoms with Crippen LogP contribution in [0.1, 0.15) is 12.6 Å². The molecule has 0 aromatic carbocycles. The van der Waals surface area contributed by atoms with Gasteiger partial charge in [-0.15, -0.1) is 0 Å². The second kappa shape index (κ2) is 6.58. The molecule has 0 aliphatic carbocycles. The molecule has 0 saturated heterocycles. The van der Waals surface area contributed by atoms with E-state index in [2.05, 4.69) is 42.2 Å². The predicted molar refractivity (Wildman–Crippen MR) is 67.6 cm³/mol. The van der Waals surface area contributed by atoms with Crippen LogP contribution < -0.4 is 5.32 Å². The summed E-state index contributed by atoms with van der Waals surface area (Å²) in [6, 6.07) is 1.97. The van der Waals surface area contributed by atoms with E-state index >= 15 is 0 Å². The van der Waals surface area contributed by atoms with Crippen molar-refractivity contribution < 1.29 is 5.11 Å². The molecule has 0 aliphatic rings. The van der Waals surface area contributed by atoms with Crippen LogP contribution in [0.5, 0.6) is 0 Å². The van der Waals surface area contributed by atoms with Gasteiger partial charge in [0.2, 0.25) is 0 Å². The topological polar surface area (TPSA) is 45.1 Å². The Bertz CT molecular complexity index is 320. The molecule has 84 valence electrons. The monoisotopic (exact) mass is 336 g/mol. The van der Waals surface area contributed by atoms with Crippen LogP contribution in [0.2, 0.25) is 0 Å². The van der Waals surface area contributed by atoms with Crippen molar-refractivity contribution in [1.29, 1.82) is 0 Å². The summed E-state index contributed by atoms with van der Waals surface area (Å²) >= 11 is 6.80. The van der Waals surface area contributed by atoms with E-state index in [-0.39, 0.29) is 12.5 Å². The van der Waals surface area contributed by atoms with Crippen molar-refractivity contribution in [2.45, 2.75) is 13.5 Å². The third-order valence-corrected chi connectivity index (χ3v) is 3.10. The Balaban J connectivity index is 2.44. The van der Waals surface area contributed by atoms with Crippen LogP contribution in [0.3, 0.4) is 0 Å². The van der Waals surface area contributed by atoms with Crippen LogP contribution in [0.25, 0.3) is 0 Å². The summed E-state index contributed by atoms with van der Waals surface area (Å²) in [6.45, 7) is 3.71. The first-order valence-electron chi connectivity index (χ1n) is 4.75. The summed E-state index contributed by atoms with van der Waals surface area (Å²) in [6.07, 6.45) is 1.78. The summed E-state index contributed by atoms with van der Waals surface area (Å²) in [5.74, 6) is 0.277. The first-order valence-corrected chi connectivity index (χ1v) is 6.33. The molecule has 1 aromatic rings. The molecule has 1 atom stereocenters. The van der Waals surface area contributed by atoms with E-state index < -0.39 is 0 Å². The van der Waals surface area contributed by atoms with Crippen molar-refractivity contribution in [2.75, 3.05) is 13.2 Å². The lowest BCUT2D eigenvalue weighted by Crippen LogP contribution is -2.23. The smallest absolute Gasteiger partial charge is 0.0684 e. The van der Waals surface area contributed by atoms with Crippen molar-refractivity contribution >= 4 is 31.9 Å². The van der Waals surface area contributed by atoms with Gasteiger partial charge < -0.3 is 10.4 Å². The van der Waals surface area contributed by atoms with Gasteiger partial charge in [0.15, 0.2) is 0 Å². The summed E-state index contributed by atoms with van der Waals surface area (Å²) in [7, 11) is 0. The molecule has 0 spiro atoms. The SMILES string of the molecule is CC(CO)CNCc1ncc(Br)cc1Br. The van der Waals surface area contributed by atoms with Gasteiger partial charge in [-0.05, 0) is 43.8 Å². The van der Waals surface area contributed by atoms with Gasteiger partial charge in [-0.2, -0.15) is 0 Å². The zero-order valence-corrected chi connectivity index (χ0v) is 11.7. The lowest BCUT2D eigenvalue weighted by molar-refractivity contribution is 0.233. The predicted octanol–water partition coefficient (Wildman–Crippen LogP) is 2.32. The quantitative estimate of drug-likeness (QED) is 0.866. The minimum Gasteiger partial charge on any atom is -0.396 e. The third-order valence-electron chi connectivity index (χ3n) is 1.98. The van der Waals surface area contributed by atoms with Gasteiger partial charge in [-0.1, -0.05) is 6.92 Å². The number of hydrogen-bond acceptors (Lipinski definition) is 3. The number of aliphatic hydroxyl groups excluding tert-OH is 1. The van der Waals surface area contributed by atoms with Gasteiger partial charge in [0.05, 0.1) is 5.69 Å². The maximum absolute atomic E-state index is 8.85. The highest BCUT2D eigenvalue weighted by Gasteiger charge is 2.03. The second-order valence-corrected chi connectivity index (χ2v) is 5.27. The minimum atomic E-state index is 0.210. The molecule has 0 radical (unpaired) electrons. The summed E-state index contributed by atoms with van der Waals surface area (Å²) < 4.78 is 1.95. The van der Waals surface area contributed by atoms with Crippen LogP contribution in [-0.4, -0.2) is 23.2 Å². The average Bonchev–Trinajstić information content (AvgIpc) is 2.21. The second-order valence-electron chi connectivity index (χ2n) is 3.50. The van der Waals surface area contributed by atoms with Crippen molar-refractivity contribution in [1.82, 2.24) is 10.3 Å². The highest BCUT2D eigenvalue weighted by molar-refractivity contribution is 9.11. The maximum Gasteiger partial charge on any atom is 0.0684 e. The number of aliphatic hydroxyl groups is 1. The average molecular weight is 338 g/mol. The summed E-state index contributed by atoms with van der Waals surface area (Å²) in [5, 5.41) is 12.1. The number of rotatable bonds is 5. The number of pyridine rings is 1. The molecule has 1 heterocycles.